The van der Waals surface area contributed by atoms with Crippen LogP contribution in [0.1, 0.15) is 38.9 Å². The van der Waals surface area contributed by atoms with Crippen molar-refractivity contribution in [3.8, 4) is 5.75 Å². The minimum atomic E-state index is -0.952. The second kappa shape index (κ2) is 5.59. The second-order valence-corrected chi connectivity index (χ2v) is 6.52. The number of halogens is 1. The molecule has 2 N–H and O–H groups in total. The molecule has 0 radical (unpaired) electrons. The molecule has 4 nitrogen and oxygen atoms in total. The number of fused-ring (bicyclic) bond motifs is 1. The Hall–Kier alpha value is -0.305. The summed E-state index contributed by atoms with van der Waals surface area (Å²) in [6.07, 6.45) is 0.706. The minimum Gasteiger partial charge on any atom is -0.491 e. The Bertz CT molecular complexity index is 472. The molecule has 1 aliphatic heterocycles. The summed E-state index contributed by atoms with van der Waals surface area (Å²) in [6.45, 7) is 5.56. The molecule has 1 aliphatic rings. The molecule has 0 amide bonds. The first-order chi connectivity index (χ1) is 8.83. The van der Waals surface area contributed by atoms with Crippen LogP contribution in [-0.4, -0.2) is 29.5 Å². The number of hydrogen-bond acceptors (Lipinski definition) is 4. The Morgan fingerprint density at radius 2 is 2.16 bits per heavy atom. The lowest BCUT2D eigenvalue weighted by molar-refractivity contribution is 0.0288. The lowest BCUT2D eigenvalue weighted by Crippen LogP contribution is -2.34. The predicted molar refractivity (Wildman–Crippen MR) is 82.7 cm³/mol. The number of hydrogen-bond donors (Lipinski definition) is 2. The van der Waals surface area contributed by atoms with E-state index in [-0.39, 0.29) is 12.7 Å². The molecule has 0 aromatic heterocycles. The monoisotopic (exact) mass is 376 g/mol. The molecule has 0 aliphatic carbocycles. The first kappa shape index (κ1) is 15.1. The van der Waals surface area contributed by atoms with Gasteiger partial charge in [0.1, 0.15) is 12.4 Å². The Labute approximate surface area is 127 Å². The molecule has 1 aromatic carbocycles. The van der Waals surface area contributed by atoms with Crippen LogP contribution in [0.4, 0.5) is 0 Å². The van der Waals surface area contributed by atoms with Gasteiger partial charge in [-0.25, -0.2) is 0 Å². The van der Waals surface area contributed by atoms with Gasteiger partial charge in [-0.15, -0.1) is 0 Å². The second-order valence-electron chi connectivity index (χ2n) is 5.36. The van der Waals surface area contributed by atoms with Gasteiger partial charge in [-0.05, 0) is 60.6 Å². The molecular weight excluding hydrogens is 358 g/mol. The maximum Gasteiger partial charge on any atom is 0.495 e. The van der Waals surface area contributed by atoms with Crippen molar-refractivity contribution in [2.24, 2.45) is 0 Å². The molecule has 0 saturated carbocycles. The summed E-state index contributed by atoms with van der Waals surface area (Å²) in [5.74, 6) is 0.584. The van der Waals surface area contributed by atoms with Crippen molar-refractivity contribution >= 4 is 35.2 Å². The van der Waals surface area contributed by atoms with Crippen LogP contribution in [-0.2, 0) is 4.65 Å². The van der Waals surface area contributed by atoms with Crippen molar-refractivity contribution in [2.75, 3.05) is 6.61 Å². The highest BCUT2D eigenvalue weighted by atomic mass is 127. The summed E-state index contributed by atoms with van der Waals surface area (Å²) in [6, 6.07) is 3.76. The highest BCUT2D eigenvalue weighted by Crippen LogP contribution is 2.33. The standard InChI is InChI=1S/C13H18BIO4/c1-4-9-11-8(15)5-6-10(12(11)14(17)19-9)18-7-13(2,3)16/h5-6,9,16-17H,4,7H2,1-3H3. The van der Waals surface area contributed by atoms with E-state index < -0.39 is 12.7 Å². The van der Waals surface area contributed by atoms with Crippen molar-refractivity contribution in [3.63, 3.8) is 0 Å². The highest BCUT2D eigenvalue weighted by Gasteiger charge is 2.38. The van der Waals surface area contributed by atoms with E-state index in [1.165, 1.54) is 0 Å². The van der Waals surface area contributed by atoms with Gasteiger partial charge in [-0.1, -0.05) is 6.92 Å². The summed E-state index contributed by atoms with van der Waals surface area (Å²) in [5, 5.41) is 19.8. The summed E-state index contributed by atoms with van der Waals surface area (Å²) in [4.78, 5) is 0. The van der Waals surface area contributed by atoms with Crippen molar-refractivity contribution in [1.29, 1.82) is 0 Å². The van der Waals surface area contributed by atoms with Crippen LogP contribution in [0.25, 0.3) is 0 Å². The van der Waals surface area contributed by atoms with Gasteiger partial charge < -0.3 is 19.5 Å². The van der Waals surface area contributed by atoms with E-state index >= 15 is 0 Å². The van der Waals surface area contributed by atoms with Gasteiger partial charge in [0.15, 0.2) is 0 Å². The van der Waals surface area contributed by atoms with Gasteiger partial charge in [0, 0.05) is 9.03 Å². The quantitative estimate of drug-likeness (QED) is 0.620. The molecule has 104 valence electrons. The molecule has 0 spiro atoms. The van der Waals surface area contributed by atoms with Gasteiger partial charge in [0.05, 0.1) is 11.7 Å². The molecule has 2 rings (SSSR count). The molecule has 1 atom stereocenters. The van der Waals surface area contributed by atoms with Crippen LogP contribution in [0, 0.1) is 3.57 Å². The van der Waals surface area contributed by atoms with Crippen molar-refractivity contribution in [3.05, 3.63) is 21.3 Å². The average molecular weight is 376 g/mol. The fourth-order valence-electron chi connectivity index (χ4n) is 2.14. The zero-order valence-electron chi connectivity index (χ0n) is 11.3. The fraction of sp³-hybridized carbons (Fsp3) is 0.538. The summed E-state index contributed by atoms with van der Waals surface area (Å²) in [7, 11) is -0.952. The van der Waals surface area contributed by atoms with Gasteiger partial charge in [-0.2, -0.15) is 0 Å². The summed E-state index contributed by atoms with van der Waals surface area (Å²) in [5.41, 5.74) is 0.789. The fourth-order valence-corrected chi connectivity index (χ4v) is 2.96. The van der Waals surface area contributed by atoms with Crippen LogP contribution >= 0.6 is 22.6 Å². The van der Waals surface area contributed by atoms with E-state index in [0.717, 1.165) is 15.6 Å². The van der Waals surface area contributed by atoms with E-state index in [1.807, 2.05) is 19.1 Å². The van der Waals surface area contributed by atoms with Crippen molar-refractivity contribution in [2.45, 2.75) is 38.9 Å². The van der Waals surface area contributed by atoms with Crippen LogP contribution in [0.5, 0.6) is 5.75 Å². The number of aliphatic hydroxyl groups is 1. The Morgan fingerprint density at radius 1 is 1.47 bits per heavy atom. The average Bonchev–Trinajstić information content (AvgIpc) is 2.66. The lowest BCUT2D eigenvalue weighted by atomic mass is 9.78. The van der Waals surface area contributed by atoms with Crippen LogP contribution in [0.15, 0.2) is 12.1 Å². The molecule has 1 unspecified atom stereocenters. The summed E-state index contributed by atoms with van der Waals surface area (Å²) >= 11 is 2.24. The van der Waals surface area contributed by atoms with E-state index in [2.05, 4.69) is 22.6 Å². The normalized spacial score (nSPS) is 18.6. The SMILES string of the molecule is CCC1OB(O)c2c(OCC(C)(C)O)ccc(I)c21. The third kappa shape index (κ3) is 3.24. The van der Waals surface area contributed by atoms with Crippen LogP contribution < -0.4 is 10.2 Å². The number of ether oxygens (including phenoxy) is 1. The Kier molecular flexibility index (Phi) is 4.44. The van der Waals surface area contributed by atoms with Crippen molar-refractivity contribution in [1.82, 2.24) is 0 Å². The molecule has 6 heteroatoms. The van der Waals surface area contributed by atoms with Gasteiger partial charge in [0.25, 0.3) is 0 Å². The zero-order valence-corrected chi connectivity index (χ0v) is 13.5. The maximum atomic E-state index is 10.0. The van der Waals surface area contributed by atoms with Crippen LogP contribution in [0.3, 0.4) is 0 Å². The lowest BCUT2D eigenvalue weighted by Gasteiger charge is -2.20. The minimum absolute atomic E-state index is 0.0948. The van der Waals surface area contributed by atoms with E-state index in [9.17, 15) is 10.1 Å². The first-order valence-corrected chi connectivity index (χ1v) is 7.42. The van der Waals surface area contributed by atoms with Gasteiger partial charge in [0.2, 0.25) is 0 Å². The topological polar surface area (TPSA) is 58.9 Å². The van der Waals surface area contributed by atoms with Crippen molar-refractivity contribution < 1.29 is 19.5 Å². The molecule has 0 bridgehead atoms. The maximum absolute atomic E-state index is 10.0. The Balaban J connectivity index is 2.35. The largest absolute Gasteiger partial charge is 0.495 e. The zero-order chi connectivity index (χ0) is 14.2. The smallest absolute Gasteiger partial charge is 0.491 e. The van der Waals surface area contributed by atoms with E-state index in [1.54, 1.807) is 13.8 Å². The molecule has 1 heterocycles. The van der Waals surface area contributed by atoms with E-state index in [0.29, 0.717) is 11.2 Å². The molecular formula is C13H18BIO4. The van der Waals surface area contributed by atoms with Crippen LogP contribution in [0.2, 0.25) is 0 Å². The molecule has 19 heavy (non-hydrogen) atoms. The molecule has 1 aromatic rings. The predicted octanol–water partition coefficient (Wildman–Crippen LogP) is 1.61. The van der Waals surface area contributed by atoms with Gasteiger partial charge >= 0.3 is 7.12 Å². The third-order valence-electron chi connectivity index (χ3n) is 3.01. The van der Waals surface area contributed by atoms with E-state index in [4.69, 9.17) is 9.39 Å². The first-order valence-electron chi connectivity index (χ1n) is 6.34. The van der Waals surface area contributed by atoms with Gasteiger partial charge in [-0.3, -0.25) is 0 Å². The highest BCUT2D eigenvalue weighted by molar-refractivity contribution is 14.1. The molecule has 0 fully saturated rings. The summed E-state index contributed by atoms with van der Waals surface area (Å²) < 4.78 is 12.2. The third-order valence-corrected chi connectivity index (χ3v) is 3.95. The number of rotatable bonds is 4. The number of benzene rings is 1. The Morgan fingerprint density at radius 3 is 2.74 bits per heavy atom. The molecule has 0 saturated heterocycles.